The van der Waals surface area contributed by atoms with Crippen molar-refractivity contribution in [3.05, 3.63) is 0 Å². The molecule has 4 nitrogen and oxygen atoms in total. The minimum absolute atomic E-state index is 0.319. The molecule has 0 radical (unpaired) electrons. The molecule has 0 aliphatic heterocycles. The van der Waals surface area contributed by atoms with Gasteiger partial charge in [0.25, 0.3) is 0 Å². The second-order valence-corrected chi connectivity index (χ2v) is 2.27. The number of carbonyl (C=O) groups is 2. The van der Waals surface area contributed by atoms with Gasteiger partial charge in [0.05, 0.1) is 6.04 Å². The predicted molar refractivity (Wildman–Crippen MR) is 42.2 cm³/mol. The minimum Gasteiger partial charge on any atom is -0.349 e. The van der Waals surface area contributed by atoms with Gasteiger partial charge in [-0.25, -0.2) is 0 Å². The lowest BCUT2D eigenvalue weighted by Gasteiger charge is -2.07. The van der Waals surface area contributed by atoms with Crippen LogP contribution in [-0.4, -0.2) is 32.3 Å². The van der Waals surface area contributed by atoms with Gasteiger partial charge in [0.2, 0.25) is 6.41 Å². The first-order valence-electron chi connectivity index (χ1n) is 3.64. The summed E-state index contributed by atoms with van der Waals surface area (Å²) in [5.41, 5.74) is 0. The predicted octanol–water partition coefficient (Wildman–Crippen LogP) is -0.701. The number of rotatable bonds is 7. The summed E-state index contributed by atoms with van der Waals surface area (Å²) in [5, 5.41) is 5.37. The fourth-order valence-corrected chi connectivity index (χ4v) is 0.777. The van der Waals surface area contributed by atoms with Gasteiger partial charge in [-0.3, -0.25) is 4.79 Å². The van der Waals surface area contributed by atoms with E-state index < -0.39 is 0 Å². The second kappa shape index (κ2) is 7.21. The first-order chi connectivity index (χ1) is 5.35. The van der Waals surface area contributed by atoms with Gasteiger partial charge in [-0.05, 0) is 26.4 Å². The Bertz CT molecular complexity index is 117. The number of hydrogen-bond donors (Lipinski definition) is 2. The fourth-order valence-electron chi connectivity index (χ4n) is 0.777. The third-order valence-electron chi connectivity index (χ3n) is 1.39. The smallest absolute Gasteiger partial charge is 0.207 e. The first-order valence-corrected chi connectivity index (χ1v) is 3.64. The average molecular weight is 158 g/mol. The minimum atomic E-state index is -0.319. The lowest BCUT2D eigenvalue weighted by atomic mass is 10.2. The van der Waals surface area contributed by atoms with Crippen LogP contribution in [0.3, 0.4) is 0 Å². The summed E-state index contributed by atoms with van der Waals surface area (Å²) < 4.78 is 0. The summed E-state index contributed by atoms with van der Waals surface area (Å²) in [4.78, 5) is 20.2. The standard InChI is InChI=1S/C7H14N2O2/c1-8-4-2-3-7(5-10)9-6-11/h5-8H,2-4H2,1H3,(H,9,11). The maximum absolute atomic E-state index is 10.2. The van der Waals surface area contributed by atoms with E-state index >= 15 is 0 Å². The molecule has 11 heavy (non-hydrogen) atoms. The van der Waals surface area contributed by atoms with Crippen molar-refractivity contribution in [3.8, 4) is 0 Å². The molecule has 0 aliphatic rings. The fraction of sp³-hybridized carbons (Fsp3) is 0.714. The summed E-state index contributed by atoms with van der Waals surface area (Å²) in [6.07, 6.45) is 2.90. The van der Waals surface area contributed by atoms with Crippen molar-refractivity contribution >= 4 is 12.7 Å². The van der Waals surface area contributed by atoms with E-state index in [-0.39, 0.29) is 6.04 Å². The van der Waals surface area contributed by atoms with Crippen LogP contribution in [0, 0.1) is 0 Å². The molecule has 4 heteroatoms. The third kappa shape index (κ3) is 5.54. The van der Waals surface area contributed by atoms with Crippen LogP contribution in [-0.2, 0) is 9.59 Å². The van der Waals surface area contributed by atoms with Crippen molar-refractivity contribution < 1.29 is 9.59 Å². The average Bonchev–Trinajstić information content (AvgIpc) is 2.03. The van der Waals surface area contributed by atoms with E-state index in [0.29, 0.717) is 12.8 Å². The van der Waals surface area contributed by atoms with Gasteiger partial charge < -0.3 is 15.4 Å². The monoisotopic (exact) mass is 158 g/mol. The topological polar surface area (TPSA) is 58.2 Å². The Morgan fingerprint density at radius 2 is 2.18 bits per heavy atom. The van der Waals surface area contributed by atoms with Gasteiger partial charge in [-0.15, -0.1) is 0 Å². The van der Waals surface area contributed by atoms with E-state index in [0.717, 1.165) is 19.3 Å². The summed E-state index contributed by atoms with van der Waals surface area (Å²) in [5.74, 6) is 0. The number of carbonyl (C=O) groups excluding carboxylic acids is 2. The Morgan fingerprint density at radius 1 is 1.45 bits per heavy atom. The maximum Gasteiger partial charge on any atom is 0.207 e. The van der Waals surface area contributed by atoms with E-state index in [1.54, 1.807) is 0 Å². The first kappa shape index (κ1) is 10.1. The molecule has 0 saturated heterocycles. The van der Waals surface area contributed by atoms with Crippen LogP contribution >= 0.6 is 0 Å². The maximum atomic E-state index is 10.2. The Balaban J connectivity index is 3.35. The summed E-state index contributed by atoms with van der Waals surface area (Å²) in [6.45, 7) is 0.866. The molecule has 0 aromatic carbocycles. The largest absolute Gasteiger partial charge is 0.349 e. The Hall–Kier alpha value is -0.900. The molecule has 1 unspecified atom stereocenters. The molecular formula is C7H14N2O2. The van der Waals surface area contributed by atoms with Crippen LogP contribution in [0.25, 0.3) is 0 Å². The van der Waals surface area contributed by atoms with Crippen molar-refractivity contribution in [1.82, 2.24) is 10.6 Å². The Labute approximate surface area is 66.4 Å². The highest BCUT2D eigenvalue weighted by Crippen LogP contribution is 1.91. The molecule has 64 valence electrons. The molecular weight excluding hydrogens is 144 g/mol. The van der Waals surface area contributed by atoms with Crippen LogP contribution in [0.2, 0.25) is 0 Å². The molecule has 0 aromatic heterocycles. The van der Waals surface area contributed by atoms with Gasteiger partial charge in [0.15, 0.2) is 0 Å². The van der Waals surface area contributed by atoms with Gasteiger partial charge in [0.1, 0.15) is 6.29 Å². The van der Waals surface area contributed by atoms with Crippen LogP contribution in [0.5, 0.6) is 0 Å². The third-order valence-corrected chi connectivity index (χ3v) is 1.39. The SMILES string of the molecule is CNCCCC(C=O)NC=O. The molecule has 1 amide bonds. The van der Waals surface area contributed by atoms with Gasteiger partial charge >= 0.3 is 0 Å². The second-order valence-electron chi connectivity index (χ2n) is 2.27. The van der Waals surface area contributed by atoms with E-state index in [4.69, 9.17) is 0 Å². The van der Waals surface area contributed by atoms with Crippen molar-refractivity contribution in [2.45, 2.75) is 18.9 Å². The summed E-state index contributed by atoms with van der Waals surface area (Å²) >= 11 is 0. The van der Waals surface area contributed by atoms with Crippen molar-refractivity contribution in [2.24, 2.45) is 0 Å². The van der Waals surface area contributed by atoms with Gasteiger partial charge in [-0.2, -0.15) is 0 Å². The quantitative estimate of drug-likeness (QED) is 0.380. The lowest BCUT2D eigenvalue weighted by Crippen LogP contribution is -2.29. The van der Waals surface area contributed by atoms with E-state index in [1.807, 2.05) is 7.05 Å². The molecule has 0 aliphatic carbocycles. The van der Waals surface area contributed by atoms with Crippen LogP contribution < -0.4 is 10.6 Å². The highest BCUT2D eigenvalue weighted by molar-refractivity contribution is 5.63. The highest BCUT2D eigenvalue weighted by atomic mass is 16.1. The molecule has 0 rings (SSSR count). The van der Waals surface area contributed by atoms with Gasteiger partial charge in [-0.1, -0.05) is 0 Å². The van der Waals surface area contributed by atoms with E-state index in [9.17, 15) is 9.59 Å². The lowest BCUT2D eigenvalue weighted by molar-refractivity contribution is -0.115. The molecule has 0 saturated carbocycles. The number of amides is 1. The number of aldehydes is 1. The Morgan fingerprint density at radius 3 is 2.64 bits per heavy atom. The normalized spacial score (nSPS) is 12.1. The van der Waals surface area contributed by atoms with Gasteiger partial charge in [0, 0.05) is 0 Å². The molecule has 0 bridgehead atoms. The van der Waals surface area contributed by atoms with Crippen LogP contribution in [0.15, 0.2) is 0 Å². The molecule has 0 aromatic rings. The zero-order chi connectivity index (χ0) is 8.53. The highest BCUT2D eigenvalue weighted by Gasteiger charge is 2.02. The number of nitrogens with one attached hydrogen (secondary N) is 2. The van der Waals surface area contributed by atoms with Crippen molar-refractivity contribution in [3.63, 3.8) is 0 Å². The van der Waals surface area contributed by atoms with Crippen LogP contribution in [0.1, 0.15) is 12.8 Å². The van der Waals surface area contributed by atoms with E-state index in [1.165, 1.54) is 0 Å². The van der Waals surface area contributed by atoms with E-state index in [2.05, 4.69) is 10.6 Å². The molecule has 1 atom stereocenters. The molecule has 0 heterocycles. The van der Waals surface area contributed by atoms with Crippen molar-refractivity contribution in [1.29, 1.82) is 0 Å². The number of hydrogen-bond acceptors (Lipinski definition) is 3. The molecule has 0 fully saturated rings. The zero-order valence-electron chi connectivity index (χ0n) is 6.67. The Kier molecular flexibility index (Phi) is 6.62. The molecule has 2 N–H and O–H groups in total. The summed E-state index contributed by atoms with van der Waals surface area (Å²) in [6, 6.07) is -0.319. The zero-order valence-corrected chi connectivity index (χ0v) is 6.67. The van der Waals surface area contributed by atoms with Crippen LogP contribution in [0.4, 0.5) is 0 Å². The summed E-state index contributed by atoms with van der Waals surface area (Å²) in [7, 11) is 1.85. The molecule has 0 spiro atoms. The van der Waals surface area contributed by atoms with Crippen molar-refractivity contribution in [2.75, 3.05) is 13.6 Å².